The molecule has 4 heteroatoms. The van der Waals surface area contributed by atoms with E-state index >= 15 is 0 Å². The minimum absolute atomic E-state index is 0.218. The van der Waals surface area contributed by atoms with Gasteiger partial charge < -0.3 is 15.5 Å². The summed E-state index contributed by atoms with van der Waals surface area (Å²) in [5.74, 6) is -0.218. The van der Waals surface area contributed by atoms with Gasteiger partial charge >= 0.3 is 0 Å². The van der Waals surface area contributed by atoms with Crippen LogP contribution in [0.4, 0.5) is 10.1 Å². The zero-order chi connectivity index (χ0) is 12.8. The second-order valence-electron chi connectivity index (χ2n) is 4.52. The molecular weight excluding hydrogens is 217 g/mol. The maximum Gasteiger partial charge on any atom is 0.129 e. The van der Waals surface area contributed by atoms with Gasteiger partial charge in [0.1, 0.15) is 5.82 Å². The van der Waals surface area contributed by atoms with Crippen molar-refractivity contribution in [1.29, 1.82) is 0 Å². The van der Waals surface area contributed by atoms with Gasteiger partial charge in [0.2, 0.25) is 0 Å². The Kier molecular flexibility index (Phi) is 5.38. The van der Waals surface area contributed by atoms with Crippen LogP contribution in [0.3, 0.4) is 0 Å². The van der Waals surface area contributed by atoms with Crippen molar-refractivity contribution in [2.45, 2.75) is 13.0 Å². The summed E-state index contributed by atoms with van der Waals surface area (Å²) >= 11 is 0. The molecule has 1 aromatic carbocycles. The summed E-state index contributed by atoms with van der Waals surface area (Å²) in [5, 5.41) is 0. The van der Waals surface area contributed by atoms with E-state index in [0.29, 0.717) is 5.56 Å². The van der Waals surface area contributed by atoms with Crippen LogP contribution in [0.5, 0.6) is 0 Å². The Hall–Kier alpha value is -1.13. The third-order valence-corrected chi connectivity index (χ3v) is 2.81. The number of halogens is 1. The highest BCUT2D eigenvalue weighted by Gasteiger charge is 2.10. The number of hydrogen-bond donors (Lipinski definition) is 1. The van der Waals surface area contributed by atoms with Crippen molar-refractivity contribution in [3.8, 4) is 0 Å². The van der Waals surface area contributed by atoms with Gasteiger partial charge in [-0.15, -0.1) is 0 Å². The number of rotatable bonds is 6. The Morgan fingerprint density at radius 2 is 1.88 bits per heavy atom. The van der Waals surface area contributed by atoms with E-state index in [1.165, 1.54) is 6.07 Å². The molecule has 0 saturated heterocycles. The van der Waals surface area contributed by atoms with Gasteiger partial charge in [0.25, 0.3) is 0 Å². The van der Waals surface area contributed by atoms with E-state index in [1.807, 2.05) is 27.2 Å². The quantitative estimate of drug-likeness (QED) is 0.819. The summed E-state index contributed by atoms with van der Waals surface area (Å²) in [6.07, 6.45) is 1.05. The fourth-order valence-corrected chi connectivity index (χ4v) is 1.85. The Morgan fingerprint density at radius 1 is 1.18 bits per heavy atom. The van der Waals surface area contributed by atoms with Gasteiger partial charge in [0.05, 0.1) is 0 Å². The van der Waals surface area contributed by atoms with Gasteiger partial charge in [-0.25, -0.2) is 4.39 Å². The van der Waals surface area contributed by atoms with Crippen LogP contribution in [0.15, 0.2) is 18.2 Å². The summed E-state index contributed by atoms with van der Waals surface area (Å²) in [7, 11) is 6.07. The Bertz CT molecular complexity index is 353. The van der Waals surface area contributed by atoms with Crippen LogP contribution in [0.25, 0.3) is 0 Å². The molecular formula is C13H22FN3. The molecule has 0 saturated carbocycles. The Morgan fingerprint density at radius 3 is 2.47 bits per heavy atom. The molecule has 0 heterocycles. The summed E-state index contributed by atoms with van der Waals surface area (Å²) in [5.41, 5.74) is 7.08. The van der Waals surface area contributed by atoms with Gasteiger partial charge in [-0.3, -0.25) is 0 Å². The van der Waals surface area contributed by atoms with E-state index < -0.39 is 0 Å². The monoisotopic (exact) mass is 239 g/mol. The van der Waals surface area contributed by atoms with Crippen LogP contribution in [0, 0.1) is 5.82 Å². The second-order valence-corrected chi connectivity index (χ2v) is 4.52. The van der Waals surface area contributed by atoms with Crippen molar-refractivity contribution >= 4 is 5.69 Å². The predicted molar refractivity (Wildman–Crippen MR) is 70.7 cm³/mol. The molecule has 0 spiro atoms. The number of hydrogen-bond acceptors (Lipinski definition) is 3. The zero-order valence-corrected chi connectivity index (χ0v) is 10.9. The van der Waals surface area contributed by atoms with E-state index in [-0.39, 0.29) is 12.4 Å². The van der Waals surface area contributed by atoms with Crippen molar-refractivity contribution in [2.24, 2.45) is 5.73 Å². The van der Waals surface area contributed by atoms with Gasteiger partial charge in [-0.1, -0.05) is 6.07 Å². The summed E-state index contributed by atoms with van der Waals surface area (Å²) in [6, 6.07) is 5.10. The minimum atomic E-state index is -0.218. The SMILES string of the molecule is CN(C)CCCN(C)c1cccc(F)c1CN. The predicted octanol–water partition coefficient (Wildman–Crippen LogP) is 1.67. The van der Waals surface area contributed by atoms with Crippen molar-refractivity contribution in [3.63, 3.8) is 0 Å². The Labute approximate surface area is 103 Å². The lowest BCUT2D eigenvalue weighted by molar-refractivity contribution is 0.401. The highest BCUT2D eigenvalue weighted by atomic mass is 19.1. The third-order valence-electron chi connectivity index (χ3n) is 2.81. The summed E-state index contributed by atoms with van der Waals surface area (Å²) in [4.78, 5) is 4.21. The van der Waals surface area contributed by atoms with Crippen LogP contribution in [-0.4, -0.2) is 39.1 Å². The van der Waals surface area contributed by atoms with Gasteiger partial charge in [0, 0.05) is 31.4 Å². The summed E-state index contributed by atoms with van der Waals surface area (Å²) < 4.78 is 13.5. The lowest BCUT2D eigenvalue weighted by atomic mass is 10.1. The molecule has 0 atom stereocenters. The molecule has 96 valence electrons. The molecule has 17 heavy (non-hydrogen) atoms. The zero-order valence-electron chi connectivity index (χ0n) is 10.9. The first kappa shape index (κ1) is 13.9. The number of benzene rings is 1. The first-order valence-electron chi connectivity index (χ1n) is 5.89. The van der Waals surface area contributed by atoms with Crippen molar-refractivity contribution in [2.75, 3.05) is 39.1 Å². The van der Waals surface area contributed by atoms with Gasteiger partial charge in [0.15, 0.2) is 0 Å². The van der Waals surface area contributed by atoms with E-state index in [9.17, 15) is 4.39 Å². The maximum absolute atomic E-state index is 13.5. The second kappa shape index (κ2) is 6.57. The number of nitrogens with two attached hydrogens (primary N) is 1. The van der Waals surface area contributed by atoms with Crippen LogP contribution < -0.4 is 10.6 Å². The summed E-state index contributed by atoms with van der Waals surface area (Å²) in [6.45, 7) is 2.16. The molecule has 0 fully saturated rings. The maximum atomic E-state index is 13.5. The van der Waals surface area contributed by atoms with Crippen molar-refractivity contribution in [3.05, 3.63) is 29.6 Å². The van der Waals surface area contributed by atoms with E-state index in [0.717, 1.165) is 25.2 Å². The molecule has 3 nitrogen and oxygen atoms in total. The molecule has 0 aliphatic carbocycles. The molecule has 0 amide bonds. The van der Waals surface area contributed by atoms with Crippen LogP contribution >= 0.6 is 0 Å². The Balaban J connectivity index is 2.68. The van der Waals surface area contributed by atoms with Gasteiger partial charge in [-0.2, -0.15) is 0 Å². The topological polar surface area (TPSA) is 32.5 Å². The molecule has 2 N–H and O–H groups in total. The van der Waals surface area contributed by atoms with E-state index in [1.54, 1.807) is 6.07 Å². The highest BCUT2D eigenvalue weighted by Crippen LogP contribution is 2.21. The molecule has 0 aromatic heterocycles. The molecule has 0 bridgehead atoms. The molecule has 0 aliphatic heterocycles. The average molecular weight is 239 g/mol. The van der Waals surface area contributed by atoms with Gasteiger partial charge in [-0.05, 0) is 39.2 Å². The van der Waals surface area contributed by atoms with E-state index in [4.69, 9.17) is 5.73 Å². The van der Waals surface area contributed by atoms with Crippen LogP contribution in [-0.2, 0) is 6.54 Å². The standard InChI is InChI=1S/C13H22FN3/c1-16(2)8-5-9-17(3)13-7-4-6-12(14)11(13)10-15/h4,6-7H,5,8-10,15H2,1-3H3. The lowest BCUT2D eigenvalue weighted by Crippen LogP contribution is -2.24. The largest absolute Gasteiger partial charge is 0.374 e. The van der Waals surface area contributed by atoms with Crippen molar-refractivity contribution in [1.82, 2.24) is 4.90 Å². The smallest absolute Gasteiger partial charge is 0.129 e. The first-order chi connectivity index (χ1) is 8.06. The fraction of sp³-hybridized carbons (Fsp3) is 0.538. The average Bonchev–Trinajstić information content (AvgIpc) is 2.28. The molecule has 0 radical (unpaired) electrons. The van der Waals surface area contributed by atoms with E-state index in [2.05, 4.69) is 9.80 Å². The normalized spacial score (nSPS) is 10.9. The molecule has 0 unspecified atom stereocenters. The van der Waals surface area contributed by atoms with Crippen molar-refractivity contribution < 1.29 is 4.39 Å². The molecule has 1 rings (SSSR count). The number of nitrogens with zero attached hydrogens (tertiary/aromatic N) is 2. The van der Waals surface area contributed by atoms with Crippen LogP contribution in [0.1, 0.15) is 12.0 Å². The fourth-order valence-electron chi connectivity index (χ4n) is 1.85. The number of anilines is 1. The lowest BCUT2D eigenvalue weighted by Gasteiger charge is -2.23. The molecule has 1 aromatic rings. The minimum Gasteiger partial charge on any atom is -0.374 e. The molecule has 0 aliphatic rings. The van der Waals surface area contributed by atoms with Crippen LogP contribution in [0.2, 0.25) is 0 Å². The third kappa shape index (κ3) is 3.98. The first-order valence-corrected chi connectivity index (χ1v) is 5.89. The highest BCUT2D eigenvalue weighted by molar-refractivity contribution is 5.53.